The molecule has 0 aliphatic heterocycles. The van der Waals surface area contributed by atoms with Crippen LogP contribution in [0.15, 0.2) is 61.1 Å². The Morgan fingerprint density at radius 2 is 1.92 bits per heavy atom. The number of rotatable bonds is 5. The van der Waals surface area contributed by atoms with Crippen LogP contribution in [0.5, 0.6) is 0 Å². The van der Waals surface area contributed by atoms with Crippen LogP contribution >= 0.6 is 0 Å². The average Bonchev–Trinajstić information content (AvgIpc) is 3.13. The maximum atomic E-state index is 12.3. The smallest absolute Gasteiger partial charge is 0.253 e. The van der Waals surface area contributed by atoms with Gasteiger partial charge in [0.05, 0.1) is 12.1 Å². The Kier molecular flexibility index (Phi) is 4.61. The number of carbonyl (C=O) groups is 1. The fourth-order valence-corrected chi connectivity index (χ4v) is 2.43. The molecule has 1 amide bonds. The fraction of sp³-hybridized carbons (Fsp3) is 0.158. The molecule has 2 N–H and O–H groups in total. The predicted octanol–water partition coefficient (Wildman–Crippen LogP) is 3.07. The minimum absolute atomic E-state index is 0.135. The molecule has 0 aliphatic carbocycles. The van der Waals surface area contributed by atoms with Crippen molar-refractivity contribution in [2.24, 2.45) is 0 Å². The summed E-state index contributed by atoms with van der Waals surface area (Å²) < 4.78 is 0. The van der Waals surface area contributed by atoms with Gasteiger partial charge in [0, 0.05) is 49.6 Å². The monoisotopic (exact) mass is 320 g/mol. The third-order valence-corrected chi connectivity index (χ3v) is 3.82. The summed E-state index contributed by atoms with van der Waals surface area (Å²) in [6.07, 6.45) is 5.19. The Balaban J connectivity index is 1.74. The van der Waals surface area contributed by atoms with Crippen molar-refractivity contribution in [1.82, 2.24) is 15.3 Å². The number of pyridine rings is 1. The fourth-order valence-electron chi connectivity index (χ4n) is 2.43. The molecule has 0 spiro atoms. The molecule has 122 valence electrons. The maximum absolute atomic E-state index is 12.3. The van der Waals surface area contributed by atoms with Crippen molar-refractivity contribution in [2.45, 2.75) is 6.54 Å². The van der Waals surface area contributed by atoms with Crippen molar-refractivity contribution < 1.29 is 4.79 Å². The molecule has 0 radical (unpaired) electrons. The first kappa shape index (κ1) is 15.8. The Morgan fingerprint density at radius 3 is 2.58 bits per heavy atom. The number of hydrogen-bond donors (Lipinski definition) is 2. The largest absolute Gasteiger partial charge is 0.378 e. The zero-order valence-corrected chi connectivity index (χ0v) is 13.8. The van der Waals surface area contributed by atoms with Gasteiger partial charge < -0.3 is 15.2 Å². The first-order valence-electron chi connectivity index (χ1n) is 7.77. The summed E-state index contributed by atoms with van der Waals surface area (Å²) in [6.45, 7) is 0.466. The lowest BCUT2D eigenvalue weighted by molar-refractivity contribution is 0.0950. The molecule has 24 heavy (non-hydrogen) atoms. The molecule has 5 nitrogen and oxygen atoms in total. The van der Waals surface area contributed by atoms with Crippen LogP contribution in [0.3, 0.4) is 0 Å². The Bertz CT molecular complexity index is 808. The topological polar surface area (TPSA) is 61.0 Å². The predicted molar refractivity (Wildman–Crippen MR) is 96.0 cm³/mol. The first-order chi connectivity index (χ1) is 11.6. The minimum atomic E-state index is -0.135. The van der Waals surface area contributed by atoms with Gasteiger partial charge in [-0.2, -0.15) is 0 Å². The lowest BCUT2D eigenvalue weighted by Crippen LogP contribution is -2.23. The van der Waals surface area contributed by atoms with Crippen molar-refractivity contribution in [3.63, 3.8) is 0 Å². The molecule has 3 aromatic rings. The van der Waals surface area contributed by atoms with Crippen molar-refractivity contribution >= 4 is 11.6 Å². The molecule has 0 saturated carbocycles. The number of benzene rings is 1. The van der Waals surface area contributed by atoms with E-state index in [9.17, 15) is 4.79 Å². The zero-order chi connectivity index (χ0) is 16.9. The summed E-state index contributed by atoms with van der Waals surface area (Å²) in [5, 5.41) is 2.89. The number of anilines is 1. The number of hydrogen-bond acceptors (Lipinski definition) is 3. The van der Waals surface area contributed by atoms with E-state index in [0.717, 1.165) is 22.5 Å². The third kappa shape index (κ3) is 3.63. The molecule has 0 unspecified atom stereocenters. The highest BCUT2D eigenvalue weighted by molar-refractivity contribution is 5.95. The van der Waals surface area contributed by atoms with Crippen LogP contribution in [-0.4, -0.2) is 30.0 Å². The van der Waals surface area contributed by atoms with E-state index in [2.05, 4.69) is 15.3 Å². The van der Waals surface area contributed by atoms with E-state index in [1.54, 1.807) is 12.4 Å². The van der Waals surface area contributed by atoms with E-state index in [0.29, 0.717) is 12.1 Å². The van der Waals surface area contributed by atoms with Crippen LogP contribution in [0.2, 0.25) is 0 Å². The standard InChI is InChI=1S/C19H20N4O/c1-23(2)18-7-5-14(6-8-18)15-10-16(12-20-11-15)19(24)22-13-17-4-3-9-21-17/h3-12,21H,13H2,1-2H3,(H,22,24). The van der Waals surface area contributed by atoms with Gasteiger partial charge in [-0.1, -0.05) is 12.1 Å². The Labute approximate surface area is 141 Å². The SMILES string of the molecule is CN(C)c1ccc(-c2cncc(C(=O)NCc3ccc[nH]3)c2)cc1. The minimum Gasteiger partial charge on any atom is -0.378 e. The van der Waals surface area contributed by atoms with Gasteiger partial charge in [-0.3, -0.25) is 9.78 Å². The molecule has 1 aromatic carbocycles. The molecule has 5 heteroatoms. The highest BCUT2D eigenvalue weighted by Gasteiger charge is 2.08. The lowest BCUT2D eigenvalue weighted by atomic mass is 10.1. The zero-order valence-electron chi connectivity index (χ0n) is 13.8. The van der Waals surface area contributed by atoms with Crippen LogP contribution in [-0.2, 0) is 6.54 Å². The molecule has 2 aromatic heterocycles. The quantitative estimate of drug-likeness (QED) is 0.759. The van der Waals surface area contributed by atoms with Gasteiger partial charge in [0.2, 0.25) is 0 Å². The summed E-state index contributed by atoms with van der Waals surface area (Å²) in [5.41, 5.74) is 4.61. The second kappa shape index (κ2) is 7.00. The van der Waals surface area contributed by atoms with Crippen molar-refractivity contribution in [2.75, 3.05) is 19.0 Å². The van der Waals surface area contributed by atoms with Gasteiger partial charge >= 0.3 is 0 Å². The van der Waals surface area contributed by atoms with Crippen LogP contribution in [0, 0.1) is 0 Å². The summed E-state index contributed by atoms with van der Waals surface area (Å²) in [6, 6.07) is 13.9. The first-order valence-corrected chi connectivity index (χ1v) is 7.77. The summed E-state index contributed by atoms with van der Waals surface area (Å²) in [7, 11) is 4.01. The number of aromatic amines is 1. The van der Waals surface area contributed by atoms with Crippen molar-refractivity contribution in [1.29, 1.82) is 0 Å². The maximum Gasteiger partial charge on any atom is 0.253 e. The van der Waals surface area contributed by atoms with Gasteiger partial charge in [0.15, 0.2) is 0 Å². The second-order valence-corrected chi connectivity index (χ2v) is 5.78. The number of amides is 1. The number of carbonyl (C=O) groups excluding carboxylic acids is 1. The van der Waals surface area contributed by atoms with E-state index in [-0.39, 0.29) is 5.91 Å². The lowest BCUT2D eigenvalue weighted by Gasteiger charge is -2.13. The highest BCUT2D eigenvalue weighted by Crippen LogP contribution is 2.22. The molecule has 0 saturated heterocycles. The van der Waals surface area contributed by atoms with Crippen LogP contribution in [0.1, 0.15) is 16.1 Å². The van der Waals surface area contributed by atoms with Gasteiger partial charge in [0.1, 0.15) is 0 Å². The molecule has 0 aliphatic rings. The summed E-state index contributed by atoms with van der Waals surface area (Å²) >= 11 is 0. The Morgan fingerprint density at radius 1 is 1.12 bits per heavy atom. The van der Waals surface area contributed by atoms with Crippen LogP contribution in [0.25, 0.3) is 11.1 Å². The van der Waals surface area contributed by atoms with Gasteiger partial charge in [-0.05, 0) is 35.9 Å². The summed E-state index contributed by atoms with van der Waals surface area (Å²) in [4.78, 5) is 21.6. The molecular weight excluding hydrogens is 300 g/mol. The number of H-pyrrole nitrogens is 1. The van der Waals surface area contributed by atoms with E-state index in [1.165, 1.54) is 0 Å². The van der Waals surface area contributed by atoms with Crippen molar-refractivity contribution in [3.05, 3.63) is 72.3 Å². The number of nitrogens with one attached hydrogen (secondary N) is 2. The van der Waals surface area contributed by atoms with E-state index >= 15 is 0 Å². The van der Waals surface area contributed by atoms with Gasteiger partial charge in [-0.15, -0.1) is 0 Å². The van der Waals surface area contributed by atoms with Gasteiger partial charge in [-0.25, -0.2) is 0 Å². The highest BCUT2D eigenvalue weighted by atomic mass is 16.1. The molecular formula is C19H20N4O. The van der Waals surface area contributed by atoms with E-state index in [1.807, 2.05) is 67.7 Å². The molecule has 0 fully saturated rings. The summed E-state index contributed by atoms with van der Waals surface area (Å²) in [5.74, 6) is -0.135. The normalized spacial score (nSPS) is 10.4. The molecule has 2 heterocycles. The second-order valence-electron chi connectivity index (χ2n) is 5.78. The number of aromatic nitrogens is 2. The average molecular weight is 320 g/mol. The third-order valence-electron chi connectivity index (χ3n) is 3.82. The van der Waals surface area contributed by atoms with Gasteiger partial charge in [0.25, 0.3) is 5.91 Å². The molecule has 3 rings (SSSR count). The molecule has 0 atom stereocenters. The van der Waals surface area contributed by atoms with Crippen LogP contribution < -0.4 is 10.2 Å². The van der Waals surface area contributed by atoms with Crippen LogP contribution in [0.4, 0.5) is 5.69 Å². The Hall–Kier alpha value is -3.08. The number of nitrogens with zero attached hydrogens (tertiary/aromatic N) is 2. The van der Waals surface area contributed by atoms with Crippen molar-refractivity contribution in [3.8, 4) is 11.1 Å². The van der Waals surface area contributed by atoms with E-state index < -0.39 is 0 Å². The molecule has 0 bridgehead atoms. The van der Waals surface area contributed by atoms with E-state index in [4.69, 9.17) is 0 Å².